The maximum absolute atomic E-state index is 12.3. The van der Waals surface area contributed by atoms with E-state index in [9.17, 15) is 13.2 Å². The maximum atomic E-state index is 12.3. The minimum absolute atomic E-state index is 0.0163. The first kappa shape index (κ1) is 20.8. The quantitative estimate of drug-likeness (QED) is 0.594. The molecular formula is C22H24N2O4S. The van der Waals surface area contributed by atoms with Crippen LogP contribution < -0.4 is 14.8 Å². The zero-order chi connectivity index (χ0) is 20.9. The van der Waals surface area contributed by atoms with Crippen LogP contribution in [0.3, 0.4) is 0 Å². The van der Waals surface area contributed by atoms with Crippen LogP contribution in [0.15, 0.2) is 71.6 Å². The highest BCUT2D eigenvalue weighted by Crippen LogP contribution is 2.24. The van der Waals surface area contributed by atoms with Crippen molar-refractivity contribution in [3.63, 3.8) is 0 Å². The summed E-state index contributed by atoms with van der Waals surface area (Å²) in [7, 11) is -2.16. The lowest BCUT2D eigenvalue weighted by Gasteiger charge is -2.17. The number of benzene rings is 3. The van der Waals surface area contributed by atoms with Crippen molar-refractivity contribution in [2.24, 2.45) is 0 Å². The summed E-state index contributed by atoms with van der Waals surface area (Å²) in [6.07, 6.45) is 0.0461. The van der Waals surface area contributed by atoms with E-state index in [-0.39, 0.29) is 29.8 Å². The van der Waals surface area contributed by atoms with E-state index in [0.29, 0.717) is 5.75 Å². The van der Waals surface area contributed by atoms with E-state index in [1.165, 1.54) is 19.2 Å². The van der Waals surface area contributed by atoms with Gasteiger partial charge in [-0.15, -0.1) is 0 Å². The number of hydrogen-bond acceptors (Lipinski definition) is 4. The monoisotopic (exact) mass is 412 g/mol. The third-order valence-corrected chi connectivity index (χ3v) is 6.16. The molecule has 0 bridgehead atoms. The highest BCUT2D eigenvalue weighted by Gasteiger charge is 2.16. The second kappa shape index (κ2) is 9.07. The molecule has 0 aliphatic rings. The zero-order valence-electron chi connectivity index (χ0n) is 16.4. The first-order chi connectivity index (χ1) is 13.9. The average molecular weight is 413 g/mol. The van der Waals surface area contributed by atoms with E-state index < -0.39 is 10.0 Å². The van der Waals surface area contributed by atoms with Gasteiger partial charge in [-0.1, -0.05) is 42.5 Å². The molecule has 3 aromatic carbocycles. The molecule has 0 aliphatic carbocycles. The van der Waals surface area contributed by atoms with Crippen LogP contribution in [0.25, 0.3) is 10.8 Å². The Bertz CT molecular complexity index is 1090. The number of amides is 1. The van der Waals surface area contributed by atoms with Crippen LogP contribution >= 0.6 is 0 Å². The molecule has 6 nitrogen and oxygen atoms in total. The minimum atomic E-state index is -3.68. The van der Waals surface area contributed by atoms with Crippen molar-refractivity contribution < 1.29 is 17.9 Å². The van der Waals surface area contributed by atoms with Crippen LogP contribution in [0.1, 0.15) is 24.9 Å². The van der Waals surface area contributed by atoms with Gasteiger partial charge in [-0.2, -0.15) is 0 Å². The number of carbonyl (C=O) groups excluding carboxylic acids is 1. The van der Waals surface area contributed by atoms with Crippen LogP contribution in [0, 0.1) is 0 Å². The minimum Gasteiger partial charge on any atom is -0.497 e. The van der Waals surface area contributed by atoms with Crippen molar-refractivity contribution in [1.29, 1.82) is 0 Å². The van der Waals surface area contributed by atoms with Gasteiger partial charge in [0.2, 0.25) is 15.9 Å². The Balaban J connectivity index is 1.56. The van der Waals surface area contributed by atoms with Crippen molar-refractivity contribution >= 4 is 26.7 Å². The largest absolute Gasteiger partial charge is 0.497 e. The normalized spacial score (nSPS) is 12.5. The smallest absolute Gasteiger partial charge is 0.240 e. The Kier molecular flexibility index (Phi) is 6.51. The molecule has 2 N–H and O–H groups in total. The van der Waals surface area contributed by atoms with Gasteiger partial charge in [-0.3, -0.25) is 4.79 Å². The van der Waals surface area contributed by atoms with E-state index in [2.05, 4.69) is 10.0 Å². The van der Waals surface area contributed by atoms with Crippen LogP contribution in [0.4, 0.5) is 0 Å². The Labute approximate surface area is 170 Å². The summed E-state index contributed by atoms with van der Waals surface area (Å²) in [5, 5.41) is 5.13. The molecule has 3 aromatic rings. The van der Waals surface area contributed by atoms with Crippen LogP contribution in [-0.2, 0) is 14.8 Å². The summed E-state index contributed by atoms with van der Waals surface area (Å²) in [6.45, 7) is 1.93. The lowest BCUT2D eigenvalue weighted by molar-refractivity contribution is -0.121. The number of hydrogen-bond donors (Lipinski definition) is 2. The van der Waals surface area contributed by atoms with Crippen LogP contribution in [-0.4, -0.2) is 28.0 Å². The van der Waals surface area contributed by atoms with Gasteiger partial charge in [-0.25, -0.2) is 13.1 Å². The third kappa shape index (κ3) is 5.13. The lowest BCUT2D eigenvalue weighted by Crippen LogP contribution is -2.32. The Morgan fingerprint density at radius 1 is 1.00 bits per heavy atom. The van der Waals surface area contributed by atoms with Gasteiger partial charge in [0, 0.05) is 13.0 Å². The number of methoxy groups -OCH3 is 1. The summed E-state index contributed by atoms with van der Waals surface area (Å²) in [4.78, 5) is 12.4. The maximum Gasteiger partial charge on any atom is 0.240 e. The number of nitrogens with one attached hydrogen (secondary N) is 2. The summed E-state index contributed by atoms with van der Waals surface area (Å²) in [5.41, 5.74) is 1.02. The van der Waals surface area contributed by atoms with Gasteiger partial charge in [0.25, 0.3) is 0 Å². The first-order valence-corrected chi connectivity index (χ1v) is 10.8. The van der Waals surface area contributed by atoms with Gasteiger partial charge in [0.05, 0.1) is 18.0 Å². The molecule has 0 saturated carbocycles. The van der Waals surface area contributed by atoms with E-state index >= 15 is 0 Å². The Morgan fingerprint density at radius 3 is 2.41 bits per heavy atom. The predicted molar refractivity (Wildman–Crippen MR) is 113 cm³/mol. The molecule has 152 valence electrons. The second-order valence-electron chi connectivity index (χ2n) is 6.68. The van der Waals surface area contributed by atoms with E-state index in [0.717, 1.165) is 16.3 Å². The van der Waals surface area contributed by atoms with Crippen molar-refractivity contribution in [2.75, 3.05) is 13.7 Å². The summed E-state index contributed by atoms with van der Waals surface area (Å²) in [5.74, 6) is 0.355. The molecule has 0 radical (unpaired) electrons. The molecule has 0 aromatic heterocycles. The van der Waals surface area contributed by atoms with Crippen molar-refractivity contribution in [2.45, 2.75) is 24.3 Å². The number of fused-ring (bicyclic) bond motifs is 1. The van der Waals surface area contributed by atoms with Gasteiger partial charge in [0.1, 0.15) is 5.75 Å². The van der Waals surface area contributed by atoms with Gasteiger partial charge in [0.15, 0.2) is 0 Å². The van der Waals surface area contributed by atoms with Crippen molar-refractivity contribution in [3.8, 4) is 5.75 Å². The molecule has 29 heavy (non-hydrogen) atoms. The average Bonchev–Trinajstić information content (AvgIpc) is 2.73. The van der Waals surface area contributed by atoms with Gasteiger partial charge in [-0.05, 0) is 47.5 Å². The summed E-state index contributed by atoms with van der Waals surface area (Å²) < 4.78 is 32.1. The fourth-order valence-electron chi connectivity index (χ4n) is 3.16. The molecule has 0 aliphatic heterocycles. The van der Waals surface area contributed by atoms with E-state index in [1.54, 1.807) is 12.1 Å². The molecule has 0 unspecified atom stereocenters. The highest BCUT2D eigenvalue weighted by atomic mass is 32.2. The van der Waals surface area contributed by atoms with Crippen LogP contribution in [0.5, 0.6) is 5.75 Å². The fraction of sp³-hybridized carbons (Fsp3) is 0.227. The molecule has 1 amide bonds. The molecule has 3 rings (SSSR count). The van der Waals surface area contributed by atoms with Crippen molar-refractivity contribution in [3.05, 3.63) is 72.3 Å². The third-order valence-electron chi connectivity index (χ3n) is 4.68. The predicted octanol–water partition coefficient (Wildman–Crippen LogP) is 3.39. The van der Waals surface area contributed by atoms with Crippen molar-refractivity contribution in [1.82, 2.24) is 10.0 Å². The van der Waals surface area contributed by atoms with E-state index in [4.69, 9.17) is 4.74 Å². The Morgan fingerprint density at radius 2 is 1.69 bits per heavy atom. The topological polar surface area (TPSA) is 84.5 Å². The molecular weight excluding hydrogens is 388 g/mol. The molecule has 0 fully saturated rings. The lowest BCUT2D eigenvalue weighted by atomic mass is 9.99. The summed E-state index contributed by atoms with van der Waals surface area (Å²) >= 11 is 0. The van der Waals surface area contributed by atoms with Gasteiger partial charge >= 0.3 is 0 Å². The molecule has 0 spiro atoms. The standard InChI is InChI=1S/C22H24N2O4S/c1-16(20-9-5-7-17-6-3-4-8-21(17)20)24-22(25)14-15-23-29(26,27)19-12-10-18(28-2)11-13-19/h3-13,16,23H,14-15H2,1-2H3,(H,24,25)/t16-/m1/s1. The zero-order valence-corrected chi connectivity index (χ0v) is 17.2. The Hall–Kier alpha value is -2.90. The molecule has 0 heterocycles. The summed E-state index contributed by atoms with van der Waals surface area (Å²) in [6, 6.07) is 19.9. The number of rotatable bonds is 8. The van der Waals surface area contributed by atoms with Gasteiger partial charge < -0.3 is 10.1 Å². The first-order valence-electron chi connectivity index (χ1n) is 9.31. The highest BCUT2D eigenvalue weighted by molar-refractivity contribution is 7.89. The molecule has 0 saturated heterocycles. The fourth-order valence-corrected chi connectivity index (χ4v) is 4.19. The number of carbonyl (C=O) groups is 1. The van der Waals surface area contributed by atoms with E-state index in [1.807, 2.05) is 49.4 Å². The molecule has 7 heteroatoms. The molecule has 1 atom stereocenters. The second-order valence-corrected chi connectivity index (χ2v) is 8.45. The number of ether oxygens (including phenoxy) is 1. The van der Waals surface area contributed by atoms with Crippen LogP contribution in [0.2, 0.25) is 0 Å². The number of sulfonamides is 1. The SMILES string of the molecule is COc1ccc(S(=O)(=O)NCCC(=O)N[C@H](C)c2cccc3ccccc23)cc1.